The summed E-state index contributed by atoms with van der Waals surface area (Å²) in [6, 6.07) is 8.06. The Morgan fingerprint density at radius 1 is 1.28 bits per heavy atom. The molecule has 2 heterocycles. The van der Waals surface area contributed by atoms with Gasteiger partial charge in [-0.3, -0.25) is 0 Å². The molecule has 1 aromatic carbocycles. The number of imidazole rings is 1. The smallest absolute Gasteiger partial charge is 0.203 e. The second kappa shape index (κ2) is 4.37. The summed E-state index contributed by atoms with van der Waals surface area (Å²) in [5, 5.41) is 3.34. The maximum atomic E-state index is 5.18. The topological polar surface area (TPSA) is 39.1 Å². The van der Waals surface area contributed by atoms with E-state index in [0.29, 0.717) is 0 Å². The summed E-state index contributed by atoms with van der Waals surface area (Å²) in [7, 11) is 1.68. The first-order valence-corrected chi connectivity index (χ1v) is 6.25. The van der Waals surface area contributed by atoms with Crippen molar-refractivity contribution in [3.8, 4) is 17.0 Å². The fourth-order valence-electron chi connectivity index (χ4n) is 2.40. The summed E-state index contributed by atoms with van der Waals surface area (Å²) in [5.41, 5.74) is 3.42. The molecule has 0 aliphatic carbocycles. The number of nitrogens with one attached hydrogen (secondary N) is 1. The molecule has 0 bridgehead atoms. The molecule has 4 heteroatoms. The summed E-state index contributed by atoms with van der Waals surface area (Å²) >= 11 is 0. The van der Waals surface area contributed by atoms with Crippen molar-refractivity contribution >= 4 is 5.95 Å². The van der Waals surface area contributed by atoms with Gasteiger partial charge in [0.2, 0.25) is 5.95 Å². The van der Waals surface area contributed by atoms with Crippen molar-refractivity contribution in [2.24, 2.45) is 0 Å². The van der Waals surface area contributed by atoms with E-state index in [-0.39, 0.29) is 0 Å². The van der Waals surface area contributed by atoms with E-state index >= 15 is 0 Å². The Kier molecular flexibility index (Phi) is 2.70. The van der Waals surface area contributed by atoms with Gasteiger partial charge in [0.25, 0.3) is 0 Å². The first-order chi connectivity index (χ1) is 8.79. The number of ether oxygens (including phenoxy) is 1. The number of hydrogen-bond donors (Lipinski definition) is 1. The van der Waals surface area contributed by atoms with Crippen LogP contribution in [0.3, 0.4) is 0 Å². The van der Waals surface area contributed by atoms with Crippen LogP contribution in [0.15, 0.2) is 24.3 Å². The molecule has 0 spiro atoms. The van der Waals surface area contributed by atoms with Crippen LogP contribution in [0.5, 0.6) is 5.75 Å². The monoisotopic (exact) mass is 243 g/mol. The van der Waals surface area contributed by atoms with Crippen molar-refractivity contribution in [1.82, 2.24) is 9.55 Å². The highest BCUT2D eigenvalue weighted by Gasteiger charge is 2.17. The Morgan fingerprint density at radius 3 is 2.72 bits per heavy atom. The third-order valence-corrected chi connectivity index (χ3v) is 3.43. The molecular formula is C14H17N3O. The SMILES string of the molecule is COc1ccc(-c2nc3n(c2C)CCCN3)cc1. The third-order valence-electron chi connectivity index (χ3n) is 3.43. The molecule has 4 nitrogen and oxygen atoms in total. The van der Waals surface area contributed by atoms with E-state index in [2.05, 4.69) is 33.9 Å². The van der Waals surface area contributed by atoms with Gasteiger partial charge in [-0.2, -0.15) is 0 Å². The quantitative estimate of drug-likeness (QED) is 0.881. The molecule has 2 aromatic rings. The molecule has 1 aliphatic heterocycles. The highest BCUT2D eigenvalue weighted by Crippen LogP contribution is 2.28. The Balaban J connectivity index is 2.02. The lowest BCUT2D eigenvalue weighted by atomic mass is 10.1. The Morgan fingerprint density at radius 2 is 2.06 bits per heavy atom. The second-order valence-electron chi connectivity index (χ2n) is 4.53. The molecule has 18 heavy (non-hydrogen) atoms. The van der Waals surface area contributed by atoms with Gasteiger partial charge in [0, 0.05) is 24.3 Å². The van der Waals surface area contributed by atoms with Crippen molar-refractivity contribution < 1.29 is 4.74 Å². The van der Waals surface area contributed by atoms with E-state index in [4.69, 9.17) is 4.74 Å². The zero-order valence-electron chi connectivity index (χ0n) is 10.7. The maximum Gasteiger partial charge on any atom is 0.203 e. The molecule has 0 saturated carbocycles. The van der Waals surface area contributed by atoms with Crippen molar-refractivity contribution in [3.05, 3.63) is 30.0 Å². The molecule has 1 N–H and O–H groups in total. The van der Waals surface area contributed by atoms with Crippen LogP contribution in [0.25, 0.3) is 11.3 Å². The number of aromatic nitrogens is 2. The van der Waals surface area contributed by atoms with Gasteiger partial charge in [-0.05, 0) is 37.6 Å². The molecule has 0 atom stereocenters. The maximum absolute atomic E-state index is 5.18. The molecule has 0 unspecified atom stereocenters. The largest absolute Gasteiger partial charge is 0.497 e. The lowest BCUT2D eigenvalue weighted by Gasteiger charge is -2.16. The van der Waals surface area contributed by atoms with Crippen molar-refractivity contribution in [2.75, 3.05) is 19.0 Å². The predicted molar refractivity (Wildman–Crippen MR) is 72.1 cm³/mol. The molecule has 1 aromatic heterocycles. The van der Waals surface area contributed by atoms with E-state index < -0.39 is 0 Å². The van der Waals surface area contributed by atoms with Gasteiger partial charge < -0.3 is 14.6 Å². The Labute approximate surface area is 107 Å². The average molecular weight is 243 g/mol. The van der Waals surface area contributed by atoms with Gasteiger partial charge >= 0.3 is 0 Å². The zero-order valence-corrected chi connectivity index (χ0v) is 10.7. The Bertz CT molecular complexity index is 557. The van der Waals surface area contributed by atoms with E-state index in [1.165, 1.54) is 5.69 Å². The minimum Gasteiger partial charge on any atom is -0.497 e. The minimum atomic E-state index is 0.874. The van der Waals surface area contributed by atoms with E-state index in [0.717, 1.165) is 42.5 Å². The molecule has 3 rings (SSSR count). The number of fused-ring (bicyclic) bond motifs is 1. The molecule has 0 radical (unpaired) electrons. The fourth-order valence-corrected chi connectivity index (χ4v) is 2.40. The van der Waals surface area contributed by atoms with Gasteiger partial charge in [-0.15, -0.1) is 0 Å². The first-order valence-electron chi connectivity index (χ1n) is 6.25. The van der Waals surface area contributed by atoms with Crippen molar-refractivity contribution in [2.45, 2.75) is 19.9 Å². The summed E-state index contributed by atoms with van der Waals surface area (Å²) < 4.78 is 7.43. The summed E-state index contributed by atoms with van der Waals surface area (Å²) in [6.45, 7) is 4.19. The zero-order chi connectivity index (χ0) is 12.5. The number of anilines is 1. The minimum absolute atomic E-state index is 0.874. The van der Waals surface area contributed by atoms with Gasteiger partial charge in [0.05, 0.1) is 12.8 Å². The van der Waals surface area contributed by atoms with Gasteiger partial charge in [-0.25, -0.2) is 4.98 Å². The van der Waals surface area contributed by atoms with Crippen LogP contribution in [0.4, 0.5) is 5.95 Å². The van der Waals surface area contributed by atoms with Gasteiger partial charge in [-0.1, -0.05) is 0 Å². The van der Waals surface area contributed by atoms with E-state index in [1.54, 1.807) is 7.11 Å². The van der Waals surface area contributed by atoms with Gasteiger partial charge in [0.15, 0.2) is 0 Å². The van der Waals surface area contributed by atoms with Crippen molar-refractivity contribution in [3.63, 3.8) is 0 Å². The molecule has 1 aliphatic rings. The van der Waals surface area contributed by atoms with Crippen LogP contribution in [0, 0.1) is 6.92 Å². The fraction of sp³-hybridized carbons (Fsp3) is 0.357. The summed E-state index contributed by atoms with van der Waals surface area (Å²) in [6.07, 6.45) is 1.16. The highest BCUT2D eigenvalue weighted by atomic mass is 16.5. The lowest BCUT2D eigenvalue weighted by molar-refractivity contribution is 0.415. The van der Waals surface area contributed by atoms with Crippen molar-refractivity contribution in [1.29, 1.82) is 0 Å². The number of benzene rings is 1. The number of nitrogens with zero attached hydrogens (tertiary/aromatic N) is 2. The standard InChI is InChI=1S/C14H17N3O/c1-10-13(11-4-6-12(18-2)7-5-11)16-14-15-8-3-9-17(10)14/h4-7H,3,8-9H2,1-2H3,(H,15,16). The first kappa shape index (κ1) is 11.1. The number of rotatable bonds is 2. The molecule has 0 amide bonds. The number of methoxy groups -OCH3 is 1. The lowest BCUT2D eigenvalue weighted by Crippen LogP contribution is -2.17. The highest BCUT2D eigenvalue weighted by molar-refractivity contribution is 5.65. The second-order valence-corrected chi connectivity index (χ2v) is 4.53. The molecular weight excluding hydrogens is 226 g/mol. The molecule has 0 saturated heterocycles. The van der Waals surface area contributed by atoms with Crippen LogP contribution in [0.1, 0.15) is 12.1 Å². The predicted octanol–water partition coefficient (Wildman–Crippen LogP) is 2.68. The molecule has 94 valence electrons. The summed E-state index contributed by atoms with van der Waals surface area (Å²) in [5.74, 6) is 1.86. The van der Waals surface area contributed by atoms with Crippen LogP contribution in [0.2, 0.25) is 0 Å². The normalized spacial score (nSPS) is 13.9. The van der Waals surface area contributed by atoms with E-state index in [9.17, 15) is 0 Å². The van der Waals surface area contributed by atoms with E-state index in [1.807, 2.05) is 12.1 Å². The average Bonchev–Trinajstić information content (AvgIpc) is 2.77. The van der Waals surface area contributed by atoms with Crippen LogP contribution >= 0.6 is 0 Å². The number of hydrogen-bond acceptors (Lipinski definition) is 3. The van der Waals surface area contributed by atoms with Crippen LogP contribution in [-0.2, 0) is 6.54 Å². The van der Waals surface area contributed by atoms with Gasteiger partial charge in [0.1, 0.15) is 5.75 Å². The third kappa shape index (κ3) is 1.74. The molecule has 0 fully saturated rings. The van der Waals surface area contributed by atoms with Crippen LogP contribution < -0.4 is 10.1 Å². The summed E-state index contributed by atoms with van der Waals surface area (Å²) in [4.78, 5) is 4.69. The Hall–Kier alpha value is -1.97. The van der Waals surface area contributed by atoms with Crippen LogP contribution in [-0.4, -0.2) is 23.2 Å².